The summed E-state index contributed by atoms with van der Waals surface area (Å²) >= 11 is 0. The van der Waals surface area contributed by atoms with Gasteiger partial charge in [0.1, 0.15) is 22.6 Å². The van der Waals surface area contributed by atoms with Gasteiger partial charge < -0.3 is 28.6 Å². The first kappa shape index (κ1) is 16.7. The van der Waals surface area contributed by atoms with Gasteiger partial charge in [-0.25, -0.2) is 4.79 Å². The van der Waals surface area contributed by atoms with Crippen molar-refractivity contribution in [2.24, 2.45) is 0 Å². The first-order valence-corrected chi connectivity index (χ1v) is 8.38. The summed E-state index contributed by atoms with van der Waals surface area (Å²) in [5, 5.41) is 11.1. The molecule has 1 aromatic carbocycles. The predicted octanol–water partition coefficient (Wildman–Crippen LogP) is 1.71. The molecule has 26 heavy (non-hydrogen) atoms. The Morgan fingerprint density at radius 1 is 1.35 bits per heavy atom. The normalized spacial score (nSPS) is 20.8. The third kappa shape index (κ3) is 2.33. The van der Waals surface area contributed by atoms with Crippen LogP contribution in [0.25, 0.3) is 11.0 Å². The third-order valence-electron chi connectivity index (χ3n) is 4.97. The standard InChI is InChI=1S/C18H19NO7/c1-4-19(2)7-9-15(21)14-10(23-3)6-11-13(16(14)26-17(9)22)8-5-12(20)25-18(8)24-11/h6,8,18,21H,4-5,7H2,1-3H3. The van der Waals surface area contributed by atoms with Gasteiger partial charge in [0.05, 0.1) is 25.0 Å². The maximum absolute atomic E-state index is 12.5. The second-order valence-electron chi connectivity index (χ2n) is 6.53. The van der Waals surface area contributed by atoms with E-state index in [1.807, 2.05) is 18.9 Å². The Morgan fingerprint density at radius 2 is 2.12 bits per heavy atom. The monoisotopic (exact) mass is 361 g/mol. The molecule has 0 bridgehead atoms. The zero-order chi connectivity index (χ0) is 18.6. The van der Waals surface area contributed by atoms with Gasteiger partial charge in [-0.2, -0.15) is 0 Å². The average molecular weight is 361 g/mol. The largest absolute Gasteiger partial charge is 0.506 e. The first-order valence-electron chi connectivity index (χ1n) is 8.38. The van der Waals surface area contributed by atoms with Crippen LogP contribution >= 0.6 is 0 Å². The summed E-state index contributed by atoms with van der Waals surface area (Å²) in [4.78, 5) is 26.0. The van der Waals surface area contributed by atoms with Crippen molar-refractivity contribution < 1.29 is 28.5 Å². The molecule has 2 aliphatic heterocycles. The Kier molecular flexibility index (Phi) is 3.80. The molecule has 8 nitrogen and oxygen atoms in total. The SMILES string of the molecule is CCN(C)Cc1c(O)c2c(OC)cc3c(c2oc1=O)C1CC(=O)OC1O3. The fourth-order valence-corrected chi connectivity index (χ4v) is 3.50. The highest BCUT2D eigenvalue weighted by atomic mass is 16.7. The van der Waals surface area contributed by atoms with E-state index in [0.29, 0.717) is 29.0 Å². The number of nitrogens with zero attached hydrogens (tertiary/aromatic N) is 1. The number of methoxy groups -OCH3 is 1. The quantitative estimate of drug-likeness (QED) is 0.649. The Morgan fingerprint density at radius 3 is 2.81 bits per heavy atom. The molecule has 2 aromatic rings. The van der Waals surface area contributed by atoms with E-state index in [9.17, 15) is 14.7 Å². The number of ether oxygens (including phenoxy) is 3. The van der Waals surface area contributed by atoms with Gasteiger partial charge in [-0.15, -0.1) is 0 Å². The molecule has 4 rings (SSSR count). The molecule has 1 aromatic heterocycles. The summed E-state index contributed by atoms with van der Waals surface area (Å²) in [5.74, 6) is -0.172. The van der Waals surface area contributed by atoms with Crippen molar-refractivity contribution in [1.29, 1.82) is 0 Å². The minimum absolute atomic E-state index is 0.129. The molecule has 0 aliphatic carbocycles. The van der Waals surface area contributed by atoms with Gasteiger partial charge in [0, 0.05) is 18.2 Å². The lowest BCUT2D eigenvalue weighted by atomic mass is 9.95. The number of hydrogen-bond acceptors (Lipinski definition) is 8. The molecule has 0 amide bonds. The molecule has 3 heterocycles. The second kappa shape index (κ2) is 5.91. The van der Waals surface area contributed by atoms with Gasteiger partial charge in [-0.3, -0.25) is 4.79 Å². The summed E-state index contributed by atoms with van der Waals surface area (Å²) < 4.78 is 21.8. The fourth-order valence-electron chi connectivity index (χ4n) is 3.50. The van der Waals surface area contributed by atoms with Crippen LogP contribution in [0.4, 0.5) is 0 Å². The van der Waals surface area contributed by atoms with Crippen molar-refractivity contribution in [1.82, 2.24) is 4.90 Å². The van der Waals surface area contributed by atoms with Crippen LogP contribution in [0.1, 0.15) is 30.4 Å². The topological polar surface area (TPSA) is 98.4 Å². The van der Waals surface area contributed by atoms with Crippen LogP contribution in [0.3, 0.4) is 0 Å². The lowest BCUT2D eigenvalue weighted by Gasteiger charge is -2.16. The van der Waals surface area contributed by atoms with Crippen LogP contribution in [0.2, 0.25) is 0 Å². The van der Waals surface area contributed by atoms with E-state index in [4.69, 9.17) is 18.6 Å². The molecule has 1 fully saturated rings. The van der Waals surface area contributed by atoms with Crippen molar-refractivity contribution in [2.45, 2.75) is 32.1 Å². The van der Waals surface area contributed by atoms with Gasteiger partial charge in [0.15, 0.2) is 5.58 Å². The first-order chi connectivity index (χ1) is 12.4. The number of carbonyl (C=O) groups is 1. The molecule has 2 atom stereocenters. The molecule has 0 radical (unpaired) electrons. The van der Waals surface area contributed by atoms with Crippen molar-refractivity contribution in [3.63, 3.8) is 0 Å². The summed E-state index contributed by atoms with van der Waals surface area (Å²) in [7, 11) is 3.29. The van der Waals surface area contributed by atoms with Crippen LogP contribution in [-0.2, 0) is 16.1 Å². The number of rotatable bonds is 4. The van der Waals surface area contributed by atoms with Gasteiger partial charge in [0.25, 0.3) is 6.29 Å². The van der Waals surface area contributed by atoms with Crippen molar-refractivity contribution >= 4 is 16.9 Å². The minimum Gasteiger partial charge on any atom is -0.506 e. The van der Waals surface area contributed by atoms with Crippen LogP contribution in [-0.4, -0.2) is 43.0 Å². The van der Waals surface area contributed by atoms with E-state index in [2.05, 4.69) is 0 Å². The highest BCUT2D eigenvalue weighted by molar-refractivity contribution is 5.95. The number of carbonyl (C=O) groups excluding carboxylic acids is 1. The molecule has 2 unspecified atom stereocenters. The van der Waals surface area contributed by atoms with E-state index in [1.54, 1.807) is 6.07 Å². The summed E-state index contributed by atoms with van der Waals surface area (Å²) in [6.07, 6.45) is -0.615. The molecule has 1 saturated heterocycles. The number of fused-ring (bicyclic) bond motifs is 5. The van der Waals surface area contributed by atoms with E-state index >= 15 is 0 Å². The van der Waals surface area contributed by atoms with Gasteiger partial charge in [0.2, 0.25) is 0 Å². The molecule has 138 valence electrons. The van der Waals surface area contributed by atoms with Gasteiger partial charge >= 0.3 is 11.6 Å². The Hall–Kier alpha value is -2.74. The molecule has 2 aliphatic rings. The predicted molar refractivity (Wildman–Crippen MR) is 90.6 cm³/mol. The van der Waals surface area contributed by atoms with Gasteiger partial charge in [-0.05, 0) is 13.6 Å². The smallest absolute Gasteiger partial charge is 0.344 e. The van der Waals surface area contributed by atoms with E-state index in [0.717, 1.165) is 0 Å². The zero-order valence-electron chi connectivity index (χ0n) is 14.7. The summed E-state index contributed by atoms with van der Waals surface area (Å²) in [6.45, 7) is 2.89. The Bertz CT molecular complexity index is 964. The third-order valence-corrected chi connectivity index (χ3v) is 4.97. The van der Waals surface area contributed by atoms with Crippen molar-refractivity contribution in [3.05, 3.63) is 27.6 Å². The van der Waals surface area contributed by atoms with Gasteiger partial charge in [-0.1, -0.05) is 6.92 Å². The van der Waals surface area contributed by atoms with Crippen LogP contribution in [0.15, 0.2) is 15.3 Å². The Labute approximate surface area is 148 Å². The second-order valence-corrected chi connectivity index (χ2v) is 6.53. The number of esters is 1. The molecule has 1 N–H and O–H groups in total. The van der Waals surface area contributed by atoms with Crippen LogP contribution < -0.4 is 15.1 Å². The van der Waals surface area contributed by atoms with E-state index in [1.165, 1.54) is 7.11 Å². The average Bonchev–Trinajstić information content (AvgIpc) is 3.12. The summed E-state index contributed by atoms with van der Waals surface area (Å²) in [6, 6.07) is 1.62. The zero-order valence-corrected chi connectivity index (χ0v) is 14.7. The van der Waals surface area contributed by atoms with Crippen molar-refractivity contribution in [3.8, 4) is 17.2 Å². The fraction of sp³-hybridized carbons (Fsp3) is 0.444. The molecule has 0 saturated carbocycles. The highest BCUT2D eigenvalue weighted by Gasteiger charge is 2.47. The van der Waals surface area contributed by atoms with Crippen LogP contribution in [0, 0.1) is 0 Å². The maximum atomic E-state index is 12.5. The highest BCUT2D eigenvalue weighted by Crippen LogP contribution is 2.51. The number of benzene rings is 1. The Balaban J connectivity index is 1.98. The minimum atomic E-state index is -0.744. The molecular weight excluding hydrogens is 342 g/mol. The number of hydrogen-bond donors (Lipinski definition) is 1. The summed E-state index contributed by atoms with van der Waals surface area (Å²) in [5.41, 5.74) is 0.267. The lowest BCUT2D eigenvalue weighted by molar-refractivity contribution is -0.150. The van der Waals surface area contributed by atoms with E-state index in [-0.39, 0.29) is 41.7 Å². The lowest BCUT2D eigenvalue weighted by Crippen LogP contribution is -2.22. The van der Waals surface area contributed by atoms with Crippen LogP contribution in [0.5, 0.6) is 17.2 Å². The maximum Gasteiger partial charge on any atom is 0.344 e. The number of aromatic hydroxyl groups is 1. The van der Waals surface area contributed by atoms with Crippen molar-refractivity contribution in [2.75, 3.05) is 20.7 Å². The molecular formula is C18H19NO7. The van der Waals surface area contributed by atoms with E-state index < -0.39 is 11.9 Å². The molecule has 8 heteroatoms. The molecule has 0 spiro atoms.